The Labute approximate surface area is 151 Å². The average Bonchev–Trinajstić information content (AvgIpc) is 2.45. The van der Waals surface area contributed by atoms with Crippen LogP contribution in [-0.4, -0.2) is 47.9 Å². The molecule has 0 fully saturated rings. The van der Waals surface area contributed by atoms with Crippen molar-refractivity contribution in [1.82, 2.24) is 0 Å². The quantitative estimate of drug-likeness (QED) is 0.173. The first-order chi connectivity index (χ1) is 10.4. The molecule has 0 radical (unpaired) electrons. The Morgan fingerprint density at radius 2 is 1.39 bits per heavy atom. The molecule has 130 valence electrons. The first-order valence-electron chi connectivity index (χ1n) is 7.41. The third-order valence-corrected chi connectivity index (χ3v) is 2.93. The van der Waals surface area contributed by atoms with E-state index in [-0.39, 0.29) is 34.9 Å². The molecule has 8 heteroatoms. The van der Waals surface area contributed by atoms with Crippen molar-refractivity contribution in [1.29, 1.82) is 0 Å². The molecular weight excluding hydrogens is 340 g/mol. The largest absolute Gasteiger partial charge is 0.475 e. The maximum Gasteiger partial charge on any atom is 0.373 e. The van der Waals surface area contributed by atoms with Crippen molar-refractivity contribution in [3.8, 4) is 0 Å². The van der Waals surface area contributed by atoms with Crippen LogP contribution in [0.2, 0.25) is 0 Å². The van der Waals surface area contributed by atoms with E-state index in [1.807, 2.05) is 13.8 Å². The fourth-order valence-electron chi connectivity index (χ4n) is 1.66. The van der Waals surface area contributed by atoms with E-state index < -0.39 is 35.5 Å². The summed E-state index contributed by atoms with van der Waals surface area (Å²) in [5, 5.41) is 8.72. The number of Topliss-reactive ketones (excluding diaryl/α,β-unsaturated/α-hetero) is 3. The zero-order valence-corrected chi connectivity index (χ0v) is 15.4. The van der Waals surface area contributed by atoms with Crippen LogP contribution in [0, 0.1) is 5.92 Å². The molecule has 0 rings (SSSR count). The van der Waals surface area contributed by atoms with Gasteiger partial charge >= 0.3 is 5.97 Å². The molecule has 0 aromatic rings. The molecule has 1 atom stereocenters. The number of carboxylic acids is 1. The van der Waals surface area contributed by atoms with Gasteiger partial charge in [0.15, 0.2) is 5.92 Å². The second kappa shape index (κ2) is 13.5. The summed E-state index contributed by atoms with van der Waals surface area (Å²) in [6.45, 7) is 5.32. The molecule has 7 nitrogen and oxygen atoms in total. The van der Waals surface area contributed by atoms with Gasteiger partial charge in [-0.25, -0.2) is 4.79 Å². The van der Waals surface area contributed by atoms with Gasteiger partial charge in [-0.15, -0.1) is 0 Å². The summed E-state index contributed by atoms with van der Waals surface area (Å²) in [7, 11) is 0. The molecule has 0 saturated carbocycles. The predicted molar refractivity (Wildman–Crippen MR) is 77.3 cm³/mol. The summed E-state index contributed by atoms with van der Waals surface area (Å²) >= 11 is 0. The molecular formula is C15H24O7Ti. The van der Waals surface area contributed by atoms with Gasteiger partial charge in [-0.1, -0.05) is 26.7 Å². The molecule has 0 aliphatic heterocycles. The number of carbonyl (C=O) groups excluding carboxylic acids is 3. The van der Waals surface area contributed by atoms with E-state index in [4.69, 9.17) is 14.6 Å². The number of hydrogen-bond donors (Lipinski definition) is 1. The zero-order valence-electron chi connectivity index (χ0n) is 13.8. The molecule has 1 N–H and O–H groups in total. The van der Waals surface area contributed by atoms with Crippen molar-refractivity contribution >= 4 is 23.3 Å². The molecule has 0 saturated heterocycles. The second-order valence-electron chi connectivity index (χ2n) is 4.90. The van der Waals surface area contributed by atoms with E-state index in [0.717, 1.165) is 19.8 Å². The van der Waals surface area contributed by atoms with Crippen LogP contribution in [0.15, 0.2) is 0 Å². The maximum absolute atomic E-state index is 12.3. The monoisotopic (exact) mass is 364 g/mol. The van der Waals surface area contributed by atoms with Gasteiger partial charge in [-0.2, -0.15) is 0 Å². The number of hydrogen-bond acceptors (Lipinski definition) is 6. The molecule has 0 bridgehead atoms. The van der Waals surface area contributed by atoms with Gasteiger partial charge in [-0.05, 0) is 19.8 Å². The Hall–Kier alpha value is -0.886. The van der Waals surface area contributed by atoms with Crippen LogP contribution < -0.4 is 0 Å². The summed E-state index contributed by atoms with van der Waals surface area (Å²) in [5.41, 5.74) is 0. The third kappa shape index (κ3) is 9.10. The van der Waals surface area contributed by atoms with E-state index >= 15 is 0 Å². The number of aliphatic carboxylic acids is 1. The van der Waals surface area contributed by atoms with E-state index in [1.54, 1.807) is 0 Å². The van der Waals surface area contributed by atoms with E-state index in [2.05, 4.69) is 0 Å². The summed E-state index contributed by atoms with van der Waals surface area (Å²) in [6.07, 6.45) is 1.63. The smallest absolute Gasteiger partial charge is 0.373 e. The van der Waals surface area contributed by atoms with Crippen molar-refractivity contribution in [2.45, 2.75) is 52.7 Å². The van der Waals surface area contributed by atoms with Crippen molar-refractivity contribution < 1.29 is 55.5 Å². The number of carbonyl (C=O) groups is 4. The van der Waals surface area contributed by atoms with Crippen LogP contribution in [0.4, 0.5) is 0 Å². The average molecular weight is 364 g/mol. The van der Waals surface area contributed by atoms with Crippen LogP contribution in [0.1, 0.15) is 46.5 Å². The van der Waals surface area contributed by atoms with Gasteiger partial charge in [0.1, 0.15) is 5.78 Å². The summed E-state index contributed by atoms with van der Waals surface area (Å²) in [4.78, 5) is 46.0. The van der Waals surface area contributed by atoms with E-state index in [1.165, 1.54) is 0 Å². The normalized spacial score (nSPS) is 11.7. The van der Waals surface area contributed by atoms with Crippen molar-refractivity contribution in [3.05, 3.63) is 0 Å². The van der Waals surface area contributed by atoms with E-state index in [0.29, 0.717) is 12.8 Å². The minimum atomic E-state index is -1.88. The van der Waals surface area contributed by atoms with Gasteiger partial charge in [-0.3, -0.25) is 14.4 Å². The topological polar surface area (TPSA) is 107 Å². The van der Waals surface area contributed by atoms with Crippen LogP contribution >= 0.6 is 0 Å². The molecule has 0 aliphatic carbocycles. The van der Waals surface area contributed by atoms with Crippen LogP contribution in [-0.2, 0) is 50.4 Å². The Morgan fingerprint density at radius 1 is 0.957 bits per heavy atom. The Bertz CT molecular complexity index is 399. The molecule has 23 heavy (non-hydrogen) atoms. The van der Waals surface area contributed by atoms with E-state index in [9.17, 15) is 19.2 Å². The minimum absolute atomic E-state index is 0. The van der Waals surface area contributed by atoms with Gasteiger partial charge in [0.2, 0.25) is 12.1 Å². The molecule has 1 unspecified atom stereocenters. The van der Waals surface area contributed by atoms with Gasteiger partial charge in [0.05, 0.1) is 13.2 Å². The SMILES string of the molecule is CCCCOC(OCCCC)C(=O)C(C(C)=O)C(=O)C(=O)O.[Ti]. The van der Waals surface area contributed by atoms with Crippen LogP contribution in [0.25, 0.3) is 0 Å². The van der Waals surface area contributed by atoms with Crippen LogP contribution in [0.5, 0.6) is 0 Å². The fourth-order valence-corrected chi connectivity index (χ4v) is 1.66. The first-order valence-corrected chi connectivity index (χ1v) is 7.41. The maximum atomic E-state index is 12.3. The Balaban J connectivity index is 0. The second-order valence-corrected chi connectivity index (χ2v) is 4.90. The number of ketones is 3. The minimum Gasteiger partial charge on any atom is -0.475 e. The third-order valence-electron chi connectivity index (χ3n) is 2.93. The summed E-state index contributed by atoms with van der Waals surface area (Å²) in [6, 6.07) is 0. The Morgan fingerprint density at radius 3 is 1.70 bits per heavy atom. The molecule has 0 aliphatic rings. The van der Waals surface area contributed by atoms with Crippen LogP contribution in [0.3, 0.4) is 0 Å². The number of ether oxygens (including phenoxy) is 2. The molecule has 0 spiro atoms. The predicted octanol–water partition coefficient (Wildman–Crippen LogP) is 1.37. The summed E-state index contributed by atoms with van der Waals surface area (Å²) < 4.78 is 10.6. The molecule has 0 aromatic carbocycles. The van der Waals surface area contributed by atoms with Gasteiger partial charge in [0, 0.05) is 21.7 Å². The zero-order chi connectivity index (χ0) is 17.1. The Kier molecular flexibility index (Phi) is 14.3. The van der Waals surface area contributed by atoms with Crippen molar-refractivity contribution in [3.63, 3.8) is 0 Å². The molecule has 0 amide bonds. The number of carboxylic acid groups (broad SMARTS) is 1. The van der Waals surface area contributed by atoms with Crippen molar-refractivity contribution in [2.24, 2.45) is 5.92 Å². The summed E-state index contributed by atoms with van der Waals surface area (Å²) in [5.74, 6) is -6.95. The van der Waals surface area contributed by atoms with Gasteiger partial charge in [0.25, 0.3) is 5.78 Å². The molecule has 0 aromatic heterocycles. The standard InChI is InChI=1S/C15H24O7.Ti/c1-4-6-8-21-15(22-9-7-5-2)13(18)11(10(3)16)12(17)14(19)20;/h11,15H,4-9H2,1-3H3,(H,19,20);. The first kappa shape index (κ1) is 24.4. The van der Waals surface area contributed by atoms with Crippen molar-refractivity contribution in [2.75, 3.05) is 13.2 Å². The fraction of sp³-hybridized carbons (Fsp3) is 0.733. The number of rotatable bonds is 13. The van der Waals surface area contributed by atoms with Gasteiger partial charge < -0.3 is 14.6 Å². The molecule has 0 heterocycles. The number of unbranched alkanes of at least 4 members (excludes halogenated alkanes) is 2.